The van der Waals surface area contributed by atoms with Gasteiger partial charge in [0.2, 0.25) is 5.91 Å². The standard InChI is InChI=1S/C13H23ClN2O3/c1-13(2,15-12(18)19)9-10-4-7-16(8-5-10)11(17)3-6-14/h10,15H,3-9H2,1-2H3,(H,18,19). The third-order valence-corrected chi connectivity index (χ3v) is 3.71. The number of piperidine rings is 1. The summed E-state index contributed by atoms with van der Waals surface area (Å²) in [7, 11) is 0. The molecular formula is C13H23ClN2O3. The third-order valence-electron chi connectivity index (χ3n) is 3.52. The van der Waals surface area contributed by atoms with E-state index in [-0.39, 0.29) is 5.91 Å². The van der Waals surface area contributed by atoms with Crippen LogP contribution in [0.15, 0.2) is 0 Å². The number of carboxylic acid groups (broad SMARTS) is 1. The molecule has 0 unspecified atom stereocenters. The van der Waals surface area contributed by atoms with Gasteiger partial charge in [-0.25, -0.2) is 4.79 Å². The smallest absolute Gasteiger partial charge is 0.405 e. The van der Waals surface area contributed by atoms with Crippen molar-refractivity contribution in [2.75, 3.05) is 19.0 Å². The van der Waals surface area contributed by atoms with Gasteiger partial charge in [0.15, 0.2) is 0 Å². The van der Waals surface area contributed by atoms with Gasteiger partial charge in [-0.3, -0.25) is 4.79 Å². The van der Waals surface area contributed by atoms with Crippen LogP contribution < -0.4 is 5.32 Å². The average molecular weight is 291 g/mol. The molecule has 0 spiro atoms. The van der Waals surface area contributed by atoms with Crippen molar-refractivity contribution in [3.05, 3.63) is 0 Å². The first-order chi connectivity index (χ1) is 8.84. The van der Waals surface area contributed by atoms with E-state index < -0.39 is 11.6 Å². The van der Waals surface area contributed by atoms with Gasteiger partial charge in [0, 0.05) is 30.9 Å². The maximum absolute atomic E-state index is 11.7. The van der Waals surface area contributed by atoms with Crippen molar-refractivity contribution in [2.24, 2.45) is 5.92 Å². The minimum atomic E-state index is -0.986. The van der Waals surface area contributed by atoms with Crippen molar-refractivity contribution in [1.82, 2.24) is 10.2 Å². The predicted molar refractivity (Wildman–Crippen MR) is 74.5 cm³/mol. The van der Waals surface area contributed by atoms with Crippen LogP contribution >= 0.6 is 11.6 Å². The Morgan fingerprint density at radius 3 is 2.42 bits per heavy atom. The molecule has 1 rings (SSSR count). The Bertz CT molecular complexity index is 326. The highest BCUT2D eigenvalue weighted by atomic mass is 35.5. The van der Waals surface area contributed by atoms with E-state index >= 15 is 0 Å². The van der Waals surface area contributed by atoms with E-state index in [1.807, 2.05) is 18.7 Å². The molecule has 1 heterocycles. The molecule has 0 aromatic heterocycles. The van der Waals surface area contributed by atoms with Gasteiger partial charge in [-0.15, -0.1) is 11.6 Å². The summed E-state index contributed by atoms with van der Waals surface area (Å²) in [5.41, 5.74) is -0.418. The number of nitrogens with one attached hydrogen (secondary N) is 1. The fourth-order valence-corrected chi connectivity index (χ4v) is 2.85. The van der Waals surface area contributed by atoms with Crippen LogP contribution in [0.1, 0.15) is 39.5 Å². The molecule has 0 aromatic carbocycles. The van der Waals surface area contributed by atoms with E-state index in [2.05, 4.69) is 5.32 Å². The SMILES string of the molecule is CC(C)(CC1CCN(C(=O)CCCl)CC1)NC(=O)O. The molecule has 1 fully saturated rings. The number of hydrogen-bond acceptors (Lipinski definition) is 2. The molecule has 0 bridgehead atoms. The Balaban J connectivity index is 2.37. The molecule has 0 aliphatic carbocycles. The summed E-state index contributed by atoms with van der Waals surface area (Å²) in [5, 5.41) is 11.3. The summed E-state index contributed by atoms with van der Waals surface area (Å²) in [5.74, 6) is 0.951. The minimum Gasteiger partial charge on any atom is -0.465 e. The van der Waals surface area contributed by atoms with E-state index in [4.69, 9.17) is 16.7 Å². The normalized spacial score (nSPS) is 17.3. The Labute approximate surface area is 119 Å². The summed E-state index contributed by atoms with van der Waals surface area (Å²) >= 11 is 5.57. The molecule has 0 radical (unpaired) electrons. The maximum Gasteiger partial charge on any atom is 0.405 e. The number of carbonyl (C=O) groups excluding carboxylic acids is 1. The number of amides is 2. The molecule has 1 saturated heterocycles. The average Bonchev–Trinajstić information content (AvgIpc) is 2.27. The fraction of sp³-hybridized carbons (Fsp3) is 0.846. The van der Waals surface area contributed by atoms with Crippen LogP contribution in [0, 0.1) is 5.92 Å². The number of rotatable bonds is 5. The number of alkyl halides is 1. The highest BCUT2D eigenvalue weighted by Crippen LogP contribution is 2.26. The van der Waals surface area contributed by atoms with Crippen molar-refractivity contribution in [2.45, 2.75) is 45.1 Å². The topological polar surface area (TPSA) is 69.6 Å². The first kappa shape index (κ1) is 16.1. The van der Waals surface area contributed by atoms with E-state index in [9.17, 15) is 9.59 Å². The maximum atomic E-state index is 11.7. The quantitative estimate of drug-likeness (QED) is 0.763. The summed E-state index contributed by atoms with van der Waals surface area (Å²) in [6.45, 7) is 5.30. The molecule has 2 amide bonds. The van der Waals surface area contributed by atoms with E-state index in [1.54, 1.807) is 0 Å². The molecule has 0 saturated carbocycles. The van der Waals surface area contributed by atoms with Gasteiger partial charge < -0.3 is 15.3 Å². The Hall–Kier alpha value is -0.970. The zero-order chi connectivity index (χ0) is 14.5. The van der Waals surface area contributed by atoms with Gasteiger partial charge in [0.05, 0.1) is 0 Å². The van der Waals surface area contributed by atoms with Crippen molar-refractivity contribution in [3.63, 3.8) is 0 Å². The molecule has 0 atom stereocenters. The van der Waals surface area contributed by atoms with Crippen molar-refractivity contribution >= 4 is 23.6 Å². The van der Waals surface area contributed by atoms with Crippen LogP contribution in [0.4, 0.5) is 4.79 Å². The predicted octanol–water partition coefficient (Wildman–Crippen LogP) is 2.29. The van der Waals surface area contributed by atoms with Gasteiger partial charge in [-0.1, -0.05) is 0 Å². The molecular weight excluding hydrogens is 268 g/mol. The first-order valence-electron chi connectivity index (χ1n) is 6.69. The van der Waals surface area contributed by atoms with Crippen LogP contribution in [0.5, 0.6) is 0 Å². The van der Waals surface area contributed by atoms with Crippen LogP contribution in [0.3, 0.4) is 0 Å². The van der Waals surface area contributed by atoms with E-state index in [1.165, 1.54) is 0 Å². The van der Waals surface area contributed by atoms with Crippen molar-refractivity contribution < 1.29 is 14.7 Å². The highest BCUT2D eigenvalue weighted by Gasteiger charge is 2.28. The largest absolute Gasteiger partial charge is 0.465 e. The van der Waals surface area contributed by atoms with Gasteiger partial charge >= 0.3 is 6.09 Å². The van der Waals surface area contributed by atoms with Gasteiger partial charge in [-0.05, 0) is 39.0 Å². The lowest BCUT2D eigenvalue weighted by molar-refractivity contribution is -0.132. The lowest BCUT2D eigenvalue weighted by atomic mass is 9.84. The second kappa shape index (κ2) is 6.98. The lowest BCUT2D eigenvalue weighted by Crippen LogP contribution is -2.46. The Morgan fingerprint density at radius 2 is 1.95 bits per heavy atom. The molecule has 19 heavy (non-hydrogen) atoms. The molecule has 1 aliphatic heterocycles. The monoisotopic (exact) mass is 290 g/mol. The summed E-state index contributed by atoms with van der Waals surface area (Å²) in [4.78, 5) is 24.2. The molecule has 2 N–H and O–H groups in total. The van der Waals surface area contributed by atoms with Crippen LogP contribution in [0.25, 0.3) is 0 Å². The Kier molecular flexibility index (Phi) is 5.91. The lowest BCUT2D eigenvalue weighted by Gasteiger charge is -2.36. The van der Waals surface area contributed by atoms with E-state index in [0.29, 0.717) is 18.2 Å². The van der Waals surface area contributed by atoms with Crippen molar-refractivity contribution in [3.8, 4) is 0 Å². The number of likely N-dealkylation sites (tertiary alicyclic amines) is 1. The summed E-state index contributed by atoms with van der Waals surface area (Å²) < 4.78 is 0. The molecule has 5 nitrogen and oxygen atoms in total. The molecule has 6 heteroatoms. The van der Waals surface area contributed by atoms with Crippen LogP contribution in [0.2, 0.25) is 0 Å². The zero-order valence-electron chi connectivity index (χ0n) is 11.6. The summed E-state index contributed by atoms with van der Waals surface area (Å²) in [6, 6.07) is 0. The number of halogens is 1. The third kappa shape index (κ3) is 5.68. The van der Waals surface area contributed by atoms with E-state index in [0.717, 1.165) is 32.4 Å². The van der Waals surface area contributed by atoms with Gasteiger partial charge in [-0.2, -0.15) is 0 Å². The highest BCUT2D eigenvalue weighted by molar-refractivity contribution is 6.18. The Morgan fingerprint density at radius 1 is 1.37 bits per heavy atom. The second-order valence-electron chi connectivity index (χ2n) is 5.78. The molecule has 0 aromatic rings. The molecule has 110 valence electrons. The number of nitrogens with zero attached hydrogens (tertiary/aromatic N) is 1. The van der Waals surface area contributed by atoms with Crippen LogP contribution in [-0.2, 0) is 4.79 Å². The number of carbonyl (C=O) groups is 2. The minimum absolute atomic E-state index is 0.122. The van der Waals surface area contributed by atoms with Crippen molar-refractivity contribution in [1.29, 1.82) is 0 Å². The first-order valence-corrected chi connectivity index (χ1v) is 7.22. The van der Waals surface area contributed by atoms with Gasteiger partial charge in [0.1, 0.15) is 0 Å². The second-order valence-corrected chi connectivity index (χ2v) is 6.16. The van der Waals surface area contributed by atoms with Crippen LogP contribution in [-0.4, -0.2) is 46.5 Å². The fourth-order valence-electron chi connectivity index (χ4n) is 2.69. The van der Waals surface area contributed by atoms with Gasteiger partial charge in [0.25, 0.3) is 0 Å². The zero-order valence-corrected chi connectivity index (χ0v) is 12.4. The molecule has 1 aliphatic rings. The number of hydrogen-bond donors (Lipinski definition) is 2. The summed E-state index contributed by atoms with van der Waals surface area (Å²) in [6.07, 6.45) is 2.08.